The van der Waals surface area contributed by atoms with Crippen LogP contribution in [0.3, 0.4) is 0 Å². The van der Waals surface area contributed by atoms with Gasteiger partial charge in [0.05, 0.1) is 0 Å². The van der Waals surface area contributed by atoms with Crippen molar-refractivity contribution in [2.24, 2.45) is 0 Å². The number of alkyl halides is 3. The number of hydrogen-bond donors (Lipinski definition) is 2. The van der Waals surface area contributed by atoms with Crippen molar-refractivity contribution in [2.45, 2.75) is 40.4 Å². The minimum atomic E-state index is -4.88. The first-order valence-electron chi connectivity index (χ1n) is 7.92. The second-order valence-corrected chi connectivity index (χ2v) is 7.45. The van der Waals surface area contributed by atoms with E-state index >= 15 is 0 Å². The van der Waals surface area contributed by atoms with E-state index in [0.717, 1.165) is 27.5 Å². The largest absolute Gasteiger partial charge is 0.471 e. The number of carbonyl (C=O) groups excluding carboxylic acids is 1. The molecule has 0 unspecified atom stereocenters. The topological polar surface area (TPSA) is 41.1 Å². The van der Waals surface area contributed by atoms with Crippen molar-refractivity contribution in [3.05, 3.63) is 54.1 Å². The highest BCUT2D eigenvalue weighted by Gasteiger charge is 2.56. The second-order valence-electron chi connectivity index (χ2n) is 6.30. The fourth-order valence-electron chi connectivity index (χ4n) is 3.47. The Morgan fingerprint density at radius 2 is 1.92 bits per heavy atom. The van der Waals surface area contributed by atoms with Crippen molar-refractivity contribution in [3.8, 4) is 0 Å². The molecule has 0 bridgehead atoms. The maximum Gasteiger partial charge on any atom is 0.471 e. The number of fused-ring (bicyclic) bond motifs is 3. The summed E-state index contributed by atoms with van der Waals surface area (Å²) in [4.78, 5) is 13.5. The predicted molar refractivity (Wildman–Crippen MR) is 89.5 cm³/mol. The lowest BCUT2D eigenvalue weighted by atomic mass is 9.72. The predicted octanol–water partition coefficient (Wildman–Crippen LogP) is 4.52. The molecule has 3 nitrogen and oxygen atoms in total. The highest BCUT2D eigenvalue weighted by atomic mass is 32.2. The molecule has 0 spiro atoms. The first-order valence-corrected chi connectivity index (χ1v) is 8.73. The van der Waals surface area contributed by atoms with E-state index in [1.54, 1.807) is 11.8 Å². The molecule has 2 aliphatic rings. The highest BCUT2D eigenvalue weighted by Crippen LogP contribution is 2.54. The number of nitrogens with one attached hydrogen (secondary N) is 2. The molecule has 2 atom stereocenters. The van der Waals surface area contributed by atoms with E-state index in [1.807, 2.05) is 48.5 Å². The number of benzene rings is 2. The van der Waals surface area contributed by atoms with Crippen molar-refractivity contribution in [1.82, 2.24) is 5.32 Å². The third-order valence-corrected chi connectivity index (χ3v) is 5.75. The smallest absolute Gasteiger partial charge is 0.362 e. The van der Waals surface area contributed by atoms with Gasteiger partial charge in [0.25, 0.3) is 0 Å². The number of hydrogen-bond acceptors (Lipinski definition) is 3. The summed E-state index contributed by atoms with van der Waals surface area (Å²) in [5.41, 5.74) is 0.752. The minimum absolute atomic E-state index is 0.134. The van der Waals surface area contributed by atoms with Crippen LogP contribution in [0.5, 0.6) is 0 Å². The SMILES string of the molecule is O=C(N[C@]12CC[C@H]1c1cc(Sc3ccccc3)ccc1N2)C(F)(F)F. The summed E-state index contributed by atoms with van der Waals surface area (Å²) in [5, 5.41) is 5.27. The second kappa shape index (κ2) is 5.69. The molecule has 1 fully saturated rings. The molecule has 2 aromatic carbocycles. The van der Waals surface area contributed by atoms with Crippen LogP contribution in [0.25, 0.3) is 0 Å². The monoisotopic (exact) mass is 364 g/mol. The number of rotatable bonds is 3. The van der Waals surface area contributed by atoms with Crippen LogP contribution in [0.1, 0.15) is 24.3 Å². The number of amides is 1. The molecule has 1 heterocycles. The Morgan fingerprint density at radius 3 is 2.56 bits per heavy atom. The third-order valence-electron chi connectivity index (χ3n) is 4.75. The molecule has 0 saturated heterocycles. The zero-order valence-electron chi connectivity index (χ0n) is 13.1. The average Bonchev–Trinajstić information content (AvgIpc) is 2.75. The first-order chi connectivity index (χ1) is 11.9. The van der Waals surface area contributed by atoms with Crippen molar-refractivity contribution in [3.63, 3.8) is 0 Å². The lowest BCUT2D eigenvalue weighted by Gasteiger charge is -2.45. The van der Waals surface area contributed by atoms with E-state index in [0.29, 0.717) is 6.42 Å². The summed E-state index contributed by atoms with van der Waals surface area (Å²) in [7, 11) is 0. The Balaban J connectivity index is 1.56. The summed E-state index contributed by atoms with van der Waals surface area (Å²) in [6.07, 6.45) is -3.65. The molecule has 2 aromatic rings. The number of anilines is 1. The van der Waals surface area contributed by atoms with Gasteiger partial charge < -0.3 is 10.6 Å². The van der Waals surface area contributed by atoms with Gasteiger partial charge in [0, 0.05) is 21.4 Å². The summed E-state index contributed by atoms with van der Waals surface area (Å²) in [5.74, 6) is -2.03. The van der Waals surface area contributed by atoms with Gasteiger partial charge in [-0.05, 0) is 48.7 Å². The third kappa shape index (κ3) is 2.86. The number of carbonyl (C=O) groups is 1. The molecule has 4 rings (SSSR count). The maximum absolute atomic E-state index is 12.6. The summed E-state index contributed by atoms with van der Waals surface area (Å²) < 4.78 is 37.8. The van der Waals surface area contributed by atoms with Crippen LogP contribution in [0, 0.1) is 0 Å². The normalized spacial score (nSPS) is 23.9. The Morgan fingerprint density at radius 1 is 1.16 bits per heavy atom. The maximum atomic E-state index is 12.6. The molecule has 2 N–H and O–H groups in total. The van der Waals surface area contributed by atoms with Gasteiger partial charge in [0.1, 0.15) is 5.66 Å². The van der Waals surface area contributed by atoms with Gasteiger partial charge in [-0.15, -0.1) is 0 Å². The molecule has 1 saturated carbocycles. The van der Waals surface area contributed by atoms with Crippen molar-refractivity contribution in [1.29, 1.82) is 0 Å². The van der Waals surface area contributed by atoms with E-state index in [-0.39, 0.29) is 5.92 Å². The molecule has 130 valence electrons. The Kier molecular flexibility index (Phi) is 3.72. The van der Waals surface area contributed by atoms with E-state index in [4.69, 9.17) is 0 Å². The van der Waals surface area contributed by atoms with Crippen LogP contribution >= 0.6 is 11.8 Å². The lowest BCUT2D eigenvalue weighted by Crippen LogP contribution is -2.63. The van der Waals surface area contributed by atoms with E-state index in [9.17, 15) is 18.0 Å². The first kappa shape index (κ1) is 16.3. The van der Waals surface area contributed by atoms with Gasteiger partial charge in [-0.1, -0.05) is 30.0 Å². The Labute approximate surface area is 147 Å². The molecule has 1 amide bonds. The Bertz CT molecular complexity index is 825. The molecular weight excluding hydrogens is 349 g/mol. The van der Waals surface area contributed by atoms with Crippen LogP contribution in [-0.2, 0) is 4.79 Å². The van der Waals surface area contributed by atoms with Gasteiger partial charge >= 0.3 is 12.1 Å². The zero-order valence-corrected chi connectivity index (χ0v) is 13.9. The highest BCUT2D eigenvalue weighted by molar-refractivity contribution is 7.99. The standard InChI is InChI=1S/C18H15F3N2OS/c19-18(20,21)16(24)23-17-9-8-14(17)13-10-12(6-7-15(13)22-17)25-11-4-2-1-3-5-11/h1-7,10,14,22H,8-9H2,(H,23,24)/t14-,17+/m0/s1. The molecule has 7 heteroatoms. The fourth-order valence-corrected chi connectivity index (χ4v) is 4.36. The quantitative estimate of drug-likeness (QED) is 0.842. The zero-order chi connectivity index (χ0) is 17.7. The molecule has 1 aliphatic carbocycles. The Hall–Kier alpha value is -2.15. The van der Waals surface area contributed by atoms with Crippen LogP contribution in [0.15, 0.2) is 58.3 Å². The summed E-state index contributed by atoms with van der Waals surface area (Å²) in [6.45, 7) is 0. The van der Waals surface area contributed by atoms with Crippen LogP contribution in [0.2, 0.25) is 0 Å². The lowest BCUT2D eigenvalue weighted by molar-refractivity contribution is -0.176. The van der Waals surface area contributed by atoms with Gasteiger partial charge in [-0.2, -0.15) is 13.2 Å². The van der Waals surface area contributed by atoms with Gasteiger partial charge in [-0.3, -0.25) is 4.79 Å². The van der Waals surface area contributed by atoms with Crippen molar-refractivity contribution >= 4 is 23.4 Å². The summed E-state index contributed by atoms with van der Waals surface area (Å²) >= 11 is 1.60. The fraction of sp³-hybridized carbons (Fsp3) is 0.278. The molecular formula is C18H15F3N2OS. The minimum Gasteiger partial charge on any atom is -0.362 e. The van der Waals surface area contributed by atoms with E-state index in [2.05, 4.69) is 10.6 Å². The average molecular weight is 364 g/mol. The molecule has 1 aliphatic heterocycles. The van der Waals surface area contributed by atoms with Crippen LogP contribution in [-0.4, -0.2) is 17.7 Å². The molecule has 0 aromatic heterocycles. The van der Waals surface area contributed by atoms with E-state index in [1.165, 1.54) is 0 Å². The number of halogens is 3. The van der Waals surface area contributed by atoms with Crippen LogP contribution in [0.4, 0.5) is 18.9 Å². The van der Waals surface area contributed by atoms with Crippen molar-refractivity contribution in [2.75, 3.05) is 5.32 Å². The van der Waals surface area contributed by atoms with Gasteiger partial charge in [-0.25, -0.2) is 0 Å². The van der Waals surface area contributed by atoms with Crippen molar-refractivity contribution < 1.29 is 18.0 Å². The van der Waals surface area contributed by atoms with Gasteiger partial charge in [0.2, 0.25) is 0 Å². The van der Waals surface area contributed by atoms with E-state index < -0.39 is 17.7 Å². The van der Waals surface area contributed by atoms with Crippen LogP contribution < -0.4 is 10.6 Å². The molecule has 25 heavy (non-hydrogen) atoms. The summed E-state index contributed by atoms with van der Waals surface area (Å²) in [6, 6.07) is 15.7. The molecule has 0 radical (unpaired) electrons. The van der Waals surface area contributed by atoms with Gasteiger partial charge in [0.15, 0.2) is 0 Å².